The van der Waals surface area contributed by atoms with Crippen molar-refractivity contribution in [2.45, 2.75) is 18.6 Å². The number of amides is 1. The highest BCUT2D eigenvalue weighted by atomic mass is 16.5. The Balaban J connectivity index is 1.56. The lowest BCUT2D eigenvalue weighted by molar-refractivity contribution is -0.116. The van der Waals surface area contributed by atoms with E-state index in [2.05, 4.69) is 10.3 Å². The molecule has 0 saturated heterocycles. The fourth-order valence-electron chi connectivity index (χ4n) is 4.36. The van der Waals surface area contributed by atoms with Crippen LogP contribution in [0.25, 0.3) is 17.0 Å². The minimum atomic E-state index is -1.27. The van der Waals surface area contributed by atoms with E-state index in [9.17, 15) is 20.1 Å². The third-order valence-electron chi connectivity index (χ3n) is 6.41. The summed E-state index contributed by atoms with van der Waals surface area (Å²) in [6.07, 6.45) is 3.36. The lowest BCUT2D eigenvalue weighted by Gasteiger charge is -2.24. The minimum absolute atomic E-state index is 0.0574. The second kappa shape index (κ2) is 10.9. The number of hydrogen-bond acceptors (Lipinski definition) is 7. The first-order valence-electron chi connectivity index (χ1n) is 12.2. The molecule has 3 aromatic carbocycles. The fraction of sp³-hybridized carbons (Fsp3) is 0.207. The van der Waals surface area contributed by atoms with Crippen molar-refractivity contribution in [1.82, 2.24) is 10.3 Å². The van der Waals surface area contributed by atoms with E-state index in [1.807, 2.05) is 18.3 Å². The number of fused-ring (bicyclic) bond motifs is 8. The van der Waals surface area contributed by atoms with E-state index in [0.29, 0.717) is 30.0 Å². The first-order chi connectivity index (χ1) is 18.4. The highest BCUT2D eigenvalue weighted by Crippen LogP contribution is 2.42. The van der Waals surface area contributed by atoms with E-state index < -0.39 is 18.8 Å². The Morgan fingerprint density at radius 3 is 2.61 bits per heavy atom. The summed E-state index contributed by atoms with van der Waals surface area (Å²) in [5, 5.41) is 35.7. The van der Waals surface area contributed by atoms with Gasteiger partial charge in [-0.15, -0.1) is 0 Å². The van der Waals surface area contributed by atoms with Crippen LogP contribution < -0.4 is 19.5 Å². The molecule has 2 aliphatic rings. The number of aromatic hydroxyl groups is 1. The molecule has 9 heteroatoms. The van der Waals surface area contributed by atoms with Crippen molar-refractivity contribution in [1.29, 1.82) is 0 Å². The molecule has 1 aromatic heterocycles. The highest BCUT2D eigenvalue weighted by Gasteiger charge is 2.26. The van der Waals surface area contributed by atoms with Crippen molar-refractivity contribution < 1.29 is 34.3 Å². The Kier molecular flexibility index (Phi) is 7.21. The highest BCUT2D eigenvalue weighted by molar-refractivity contribution is 5.91. The van der Waals surface area contributed by atoms with Crippen molar-refractivity contribution in [3.05, 3.63) is 83.6 Å². The number of rotatable bonds is 2. The van der Waals surface area contributed by atoms with Crippen LogP contribution in [0.5, 0.6) is 28.7 Å². The van der Waals surface area contributed by atoms with Crippen LogP contribution in [0.2, 0.25) is 0 Å². The molecule has 38 heavy (non-hydrogen) atoms. The van der Waals surface area contributed by atoms with Gasteiger partial charge in [-0.05, 0) is 71.7 Å². The average Bonchev–Trinajstić information content (AvgIpc) is 3.33. The van der Waals surface area contributed by atoms with Crippen LogP contribution in [0.1, 0.15) is 22.8 Å². The van der Waals surface area contributed by atoms with Crippen LogP contribution in [-0.2, 0) is 11.2 Å². The summed E-state index contributed by atoms with van der Waals surface area (Å²) in [7, 11) is 1.39. The van der Waals surface area contributed by atoms with Gasteiger partial charge in [-0.25, -0.2) is 0 Å². The zero-order valence-electron chi connectivity index (χ0n) is 20.7. The van der Waals surface area contributed by atoms with Gasteiger partial charge in [0.1, 0.15) is 17.6 Å². The van der Waals surface area contributed by atoms with E-state index in [0.717, 1.165) is 22.0 Å². The lowest BCUT2D eigenvalue weighted by atomic mass is 10.0. The summed E-state index contributed by atoms with van der Waals surface area (Å²) in [4.78, 5) is 15.5. The first kappa shape index (κ1) is 25.2. The van der Waals surface area contributed by atoms with Crippen molar-refractivity contribution in [3.63, 3.8) is 0 Å². The minimum Gasteiger partial charge on any atom is -0.502 e. The van der Waals surface area contributed by atoms with Gasteiger partial charge in [0.2, 0.25) is 11.7 Å². The van der Waals surface area contributed by atoms with Crippen molar-refractivity contribution in [2.75, 3.05) is 20.3 Å². The number of ether oxygens (including phenoxy) is 3. The van der Waals surface area contributed by atoms with E-state index in [4.69, 9.17) is 14.2 Å². The monoisotopic (exact) mass is 516 g/mol. The number of aliphatic hydroxyl groups excluding tert-OH is 2. The molecular formula is C29H28N2O7. The standard InChI is InChI=1S/C29H28N2O7/c1-36-24-12-19-13-25(29(24)35)37-20-5-2-17(3-6-20)4-9-27(33)30-11-10-18-15-31-23-8-7-21(14-22(18)23)38-26(16-32)28(19)34/h2-9,12-15,26,28,31-32,34-35H,10-11,16H2,1H3,(H,30,33)/t26-,28+/m0/s1. The zero-order valence-corrected chi connectivity index (χ0v) is 20.7. The summed E-state index contributed by atoms with van der Waals surface area (Å²) in [5.41, 5.74) is 3.00. The second-order valence-electron chi connectivity index (χ2n) is 8.92. The largest absolute Gasteiger partial charge is 0.502 e. The quantitative estimate of drug-likeness (QED) is 0.273. The van der Waals surface area contributed by atoms with Crippen LogP contribution >= 0.6 is 0 Å². The summed E-state index contributed by atoms with van der Waals surface area (Å²) < 4.78 is 17.2. The van der Waals surface area contributed by atoms with Gasteiger partial charge in [-0.3, -0.25) is 4.79 Å². The van der Waals surface area contributed by atoms with E-state index >= 15 is 0 Å². The molecule has 196 valence electrons. The average molecular weight is 517 g/mol. The molecule has 9 nitrogen and oxygen atoms in total. The molecule has 2 aliphatic heterocycles. The number of carbonyl (C=O) groups excluding carboxylic acids is 1. The van der Waals surface area contributed by atoms with E-state index in [1.54, 1.807) is 36.4 Å². The fourth-order valence-corrected chi connectivity index (χ4v) is 4.36. The van der Waals surface area contributed by atoms with Gasteiger partial charge in [0.25, 0.3) is 0 Å². The Hall–Kier alpha value is -4.47. The van der Waals surface area contributed by atoms with Gasteiger partial charge in [0.05, 0.1) is 13.7 Å². The summed E-state index contributed by atoms with van der Waals surface area (Å²) in [5.74, 6) is 0.573. The molecule has 0 unspecified atom stereocenters. The molecular weight excluding hydrogens is 488 g/mol. The van der Waals surface area contributed by atoms with Gasteiger partial charge < -0.3 is 39.8 Å². The Morgan fingerprint density at radius 1 is 1.05 bits per heavy atom. The molecule has 2 atom stereocenters. The Labute approximate surface area is 218 Å². The van der Waals surface area contributed by atoms with Crippen LogP contribution in [-0.4, -0.2) is 52.6 Å². The Morgan fingerprint density at radius 2 is 1.84 bits per heavy atom. The number of phenolic OH excluding ortho intramolecular Hbond substituents is 1. The van der Waals surface area contributed by atoms with Crippen molar-refractivity contribution >= 4 is 22.9 Å². The summed E-state index contributed by atoms with van der Waals surface area (Å²) >= 11 is 0. The topological polar surface area (TPSA) is 133 Å². The molecule has 0 spiro atoms. The Bertz CT molecular complexity index is 1480. The predicted molar refractivity (Wildman–Crippen MR) is 142 cm³/mol. The van der Waals surface area contributed by atoms with Gasteiger partial charge in [-0.2, -0.15) is 0 Å². The smallest absolute Gasteiger partial charge is 0.244 e. The third-order valence-corrected chi connectivity index (χ3v) is 6.41. The van der Waals surface area contributed by atoms with Crippen LogP contribution in [0.3, 0.4) is 0 Å². The maximum absolute atomic E-state index is 12.3. The van der Waals surface area contributed by atoms with Gasteiger partial charge in [0.15, 0.2) is 17.6 Å². The molecule has 0 aliphatic carbocycles. The third kappa shape index (κ3) is 5.29. The van der Waals surface area contributed by atoms with E-state index in [-0.39, 0.29) is 23.2 Å². The number of H-pyrrole nitrogens is 1. The normalized spacial score (nSPS) is 17.9. The van der Waals surface area contributed by atoms with Crippen molar-refractivity contribution in [2.24, 2.45) is 0 Å². The maximum Gasteiger partial charge on any atom is 0.244 e. The summed E-state index contributed by atoms with van der Waals surface area (Å²) in [6, 6.07) is 15.3. The number of aliphatic hydroxyl groups is 2. The molecule has 1 amide bonds. The van der Waals surface area contributed by atoms with Gasteiger partial charge in [-0.1, -0.05) is 12.1 Å². The molecule has 6 rings (SSSR count). The number of phenols is 1. The van der Waals surface area contributed by atoms with Crippen LogP contribution in [0.4, 0.5) is 0 Å². The first-order valence-corrected chi connectivity index (χ1v) is 12.2. The number of aromatic nitrogens is 1. The predicted octanol–water partition coefficient (Wildman–Crippen LogP) is 3.83. The zero-order chi connectivity index (χ0) is 26.6. The second-order valence-corrected chi connectivity index (χ2v) is 8.92. The molecule has 0 fully saturated rings. The molecule has 0 radical (unpaired) electrons. The molecule has 4 aromatic rings. The van der Waals surface area contributed by atoms with Gasteiger partial charge >= 0.3 is 0 Å². The van der Waals surface area contributed by atoms with Crippen LogP contribution in [0, 0.1) is 0 Å². The SMILES string of the molecule is COc1cc2cc(c1O)Oc1ccc(cc1)C=CC(=O)NCCc1c[nH]c3ccc(cc13)O[C@@H](CO)[C@@H]2O. The lowest BCUT2D eigenvalue weighted by Crippen LogP contribution is -2.29. The summed E-state index contributed by atoms with van der Waals surface area (Å²) in [6.45, 7) is -0.0357. The molecule has 0 saturated carbocycles. The van der Waals surface area contributed by atoms with Gasteiger partial charge in [0, 0.05) is 29.7 Å². The number of methoxy groups -OCH3 is 1. The number of carbonyl (C=O) groups is 1. The number of hydrogen-bond donors (Lipinski definition) is 5. The molecule has 3 heterocycles. The molecule has 6 bridgehead atoms. The number of nitrogens with one attached hydrogen (secondary N) is 2. The van der Waals surface area contributed by atoms with E-state index in [1.165, 1.54) is 25.3 Å². The number of aromatic amines is 1. The van der Waals surface area contributed by atoms with Crippen molar-refractivity contribution in [3.8, 4) is 28.7 Å². The van der Waals surface area contributed by atoms with Crippen LogP contribution in [0.15, 0.2) is 66.9 Å². The number of benzene rings is 3. The maximum atomic E-state index is 12.3. The molecule has 5 N–H and O–H groups in total.